The van der Waals surface area contributed by atoms with Gasteiger partial charge in [-0.2, -0.15) is 0 Å². The number of aryl methyl sites for hydroxylation is 1. The Labute approximate surface area is 157 Å². The van der Waals surface area contributed by atoms with Gasteiger partial charge in [0, 0.05) is 31.1 Å². The Morgan fingerprint density at radius 1 is 1.33 bits per heavy atom. The zero-order valence-electron chi connectivity index (χ0n) is 15.4. The molecule has 0 unspecified atom stereocenters. The van der Waals surface area contributed by atoms with Gasteiger partial charge in [-0.15, -0.1) is 0 Å². The molecule has 0 aliphatic carbocycles. The number of nitrogens with zero attached hydrogens (tertiary/aromatic N) is 2. The number of rotatable bonds is 2. The van der Waals surface area contributed by atoms with Gasteiger partial charge in [-0.3, -0.25) is 4.79 Å². The molecule has 2 heterocycles. The number of amides is 1. The Morgan fingerprint density at radius 2 is 2.11 bits per heavy atom. The van der Waals surface area contributed by atoms with Gasteiger partial charge in [0.2, 0.25) is 5.60 Å². The van der Waals surface area contributed by atoms with E-state index in [4.69, 9.17) is 4.74 Å². The van der Waals surface area contributed by atoms with Crippen LogP contribution in [0.4, 0.5) is 0 Å². The molecule has 0 spiro atoms. The summed E-state index contributed by atoms with van der Waals surface area (Å²) in [4.78, 5) is 29.6. The third-order valence-electron chi connectivity index (χ3n) is 4.45. The summed E-state index contributed by atoms with van der Waals surface area (Å²) in [6.07, 6.45) is 0.289. The summed E-state index contributed by atoms with van der Waals surface area (Å²) in [6.45, 7) is 2.35. The van der Waals surface area contributed by atoms with Crippen LogP contribution in [-0.4, -0.2) is 53.2 Å². The summed E-state index contributed by atoms with van der Waals surface area (Å²) in [6, 6.07) is 10.8. The van der Waals surface area contributed by atoms with Crippen LogP contribution in [0.5, 0.6) is 0 Å². The molecule has 3 rings (SSSR count). The maximum atomic E-state index is 12.0. The first-order chi connectivity index (χ1) is 12.8. The van der Waals surface area contributed by atoms with Gasteiger partial charge in [-0.05, 0) is 36.8 Å². The summed E-state index contributed by atoms with van der Waals surface area (Å²) in [7, 11) is 2.96. The Hall–Kier alpha value is -3.17. The number of carbonyl (C=O) groups excluding carboxylic acids is 2. The molecule has 2 aromatic rings. The lowest BCUT2D eigenvalue weighted by molar-refractivity contribution is -0.137. The van der Waals surface area contributed by atoms with Gasteiger partial charge in [-0.25, -0.2) is 9.78 Å². The number of aliphatic hydroxyl groups is 1. The summed E-state index contributed by atoms with van der Waals surface area (Å²) >= 11 is 0. The van der Waals surface area contributed by atoms with E-state index in [1.165, 1.54) is 12.0 Å². The van der Waals surface area contributed by atoms with Gasteiger partial charge in [0.25, 0.3) is 5.91 Å². The van der Waals surface area contributed by atoms with Crippen molar-refractivity contribution >= 4 is 11.9 Å². The predicted octanol–water partition coefficient (Wildman–Crippen LogP) is 1.79. The van der Waals surface area contributed by atoms with E-state index in [1.54, 1.807) is 19.2 Å². The Balaban J connectivity index is 1.94. The molecule has 1 aromatic heterocycles. The molecule has 1 aromatic carbocycles. The average molecular weight is 364 g/mol. The number of hydrogen-bond acceptors (Lipinski definition) is 5. The molecule has 6 heteroatoms. The lowest BCUT2D eigenvalue weighted by atomic mass is 10.0. The minimum atomic E-state index is -1.63. The Morgan fingerprint density at radius 3 is 2.78 bits per heavy atom. The van der Waals surface area contributed by atoms with Crippen LogP contribution < -0.4 is 0 Å². The van der Waals surface area contributed by atoms with Crippen molar-refractivity contribution in [2.24, 2.45) is 0 Å². The van der Waals surface area contributed by atoms with Crippen LogP contribution in [0.1, 0.15) is 28.0 Å². The number of pyridine rings is 1. The van der Waals surface area contributed by atoms with Gasteiger partial charge < -0.3 is 14.7 Å². The molecule has 1 fully saturated rings. The number of carbonyl (C=O) groups is 2. The molecule has 1 amide bonds. The Kier molecular flexibility index (Phi) is 4.98. The number of methoxy groups -OCH3 is 1. The van der Waals surface area contributed by atoms with E-state index >= 15 is 0 Å². The van der Waals surface area contributed by atoms with E-state index in [0.29, 0.717) is 17.8 Å². The lowest BCUT2D eigenvalue weighted by Gasteiger charge is -2.13. The normalized spacial score (nSPS) is 18.8. The van der Waals surface area contributed by atoms with Crippen LogP contribution in [0.3, 0.4) is 0 Å². The highest BCUT2D eigenvalue weighted by Crippen LogP contribution is 2.23. The number of hydrogen-bond donors (Lipinski definition) is 1. The topological polar surface area (TPSA) is 79.7 Å². The van der Waals surface area contributed by atoms with Crippen LogP contribution in [-0.2, 0) is 9.53 Å². The molecule has 1 N–H and O–H groups in total. The van der Waals surface area contributed by atoms with Crippen LogP contribution in [0.2, 0.25) is 0 Å². The number of likely N-dealkylation sites (tertiary alicyclic amines) is 1. The number of likely N-dealkylation sites (N-methyl/N-ethyl adjacent to an activating group) is 1. The van der Waals surface area contributed by atoms with Crippen molar-refractivity contribution in [2.75, 3.05) is 20.7 Å². The van der Waals surface area contributed by atoms with Crippen molar-refractivity contribution in [1.29, 1.82) is 0 Å². The van der Waals surface area contributed by atoms with Gasteiger partial charge in [-0.1, -0.05) is 24.0 Å². The van der Waals surface area contributed by atoms with Crippen LogP contribution >= 0.6 is 0 Å². The predicted molar refractivity (Wildman–Crippen MR) is 99.8 cm³/mol. The van der Waals surface area contributed by atoms with Gasteiger partial charge in [0.05, 0.1) is 12.8 Å². The van der Waals surface area contributed by atoms with Crippen molar-refractivity contribution in [2.45, 2.75) is 18.9 Å². The minimum Gasteiger partial charge on any atom is -0.464 e. The molecule has 6 nitrogen and oxygen atoms in total. The highest BCUT2D eigenvalue weighted by Gasteiger charge is 2.42. The summed E-state index contributed by atoms with van der Waals surface area (Å²) in [5.41, 5.74) is 1.52. The molecular formula is C21H20N2O4. The second kappa shape index (κ2) is 7.22. The molecule has 0 bridgehead atoms. The van der Waals surface area contributed by atoms with E-state index < -0.39 is 11.6 Å². The Bertz CT molecular complexity index is 974. The molecule has 1 saturated heterocycles. The number of ether oxygens (including phenoxy) is 1. The fourth-order valence-corrected chi connectivity index (χ4v) is 2.93. The first-order valence-corrected chi connectivity index (χ1v) is 8.51. The van der Waals surface area contributed by atoms with E-state index in [1.807, 2.05) is 31.2 Å². The lowest BCUT2D eigenvalue weighted by Crippen LogP contribution is -2.37. The minimum absolute atomic E-state index is 0.234. The standard InChI is InChI=1S/C21H20N2O4/c1-14-11-17(22-18(12-14)19(24)27-3)16-6-4-5-15(13-16)7-8-21(26)9-10-23(2)20(21)25/h4-6,11-13,26H,9-10H2,1-3H3/t21-/m0/s1. The molecule has 0 saturated carbocycles. The molecule has 1 aliphatic heterocycles. The molecule has 27 heavy (non-hydrogen) atoms. The zero-order valence-corrected chi connectivity index (χ0v) is 15.4. The van der Waals surface area contributed by atoms with E-state index in [2.05, 4.69) is 16.8 Å². The number of aromatic nitrogens is 1. The molecule has 1 atom stereocenters. The third-order valence-corrected chi connectivity index (χ3v) is 4.45. The fourth-order valence-electron chi connectivity index (χ4n) is 2.93. The quantitative estimate of drug-likeness (QED) is 0.649. The fraction of sp³-hybridized carbons (Fsp3) is 0.286. The molecule has 0 radical (unpaired) electrons. The first kappa shape index (κ1) is 18.6. The van der Waals surface area contributed by atoms with Crippen molar-refractivity contribution in [3.63, 3.8) is 0 Å². The second-order valence-corrected chi connectivity index (χ2v) is 6.57. The second-order valence-electron chi connectivity index (χ2n) is 6.57. The smallest absolute Gasteiger partial charge is 0.356 e. The van der Waals surface area contributed by atoms with Crippen LogP contribution in [0.25, 0.3) is 11.3 Å². The highest BCUT2D eigenvalue weighted by atomic mass is 16.5. The van der Waals surface area contributed by atoms with Gasteiger partial charge in [0.15, 0.2) is 0 Å². The zero-order chi connectivity index (χ0) is 19.6. The van der Waals surface area contributed by atoms with Crippen LogP contribution in [0, 0.1) is 18.8 Å². The summed E-state index contributed by atoms with van der Waals surface area (Å²) in [5, 5.41) is 10.4. The number of esters is 1. The van der Waals surface area contributed by atoms with Crippen molar-refractivity contribution in [3.05, 3.63) is 53.2 Å². The maximum Gasteiger partial charge on any atom is 0.356 e. The largest absolute Gasteiger partial charge is 0.464 e. The van der Waals surface area contributed by atoms with E-state index in [9.17, 15) is 14.7 Å². The SMILES string of the molecule is COC(=O)c1cc(C)cc(-c2cccc(C#C[C@]3(O)CCN(C)C3=O)c2)n1. The van der Waals surface area contributed by atoms with E-state index in [-0.39, 0.29) is 18.0 Å². The molecule has 1 aliphatic rings. The highest BCUT2D eigenvalue weighted by molar-refractivity contribution is 5.90. The van der Waals surface area contributed by atoms with Crippen LogP contribution in [0.15, 0.2) is 36.4 Å². The van der Waals surface area contributed by atoms with Gasteiger partial charge >= 0.3 is 5.97 Å². The average Bonchev–Trinajstić information content (AvgIpc) is 2.93. The first-order valence-electron chi connectivity index (χ1n) is 8.51. The number of benzene rings is 1. The summed E-state index contributed by atoms with van der Waals surface area (Å²) in [5.74, 6) is 4.71. The molecular weight excluding hydrogens is 344 g/mol. The van der Waals surface area contributed by atoms with Crippen molar-refractivity contribution in [1.82, 2.24) is 9.88 Å². The van der Waals surface area contributed by atoms with Crippen molar-refractivity contribution < 1.29 is 19.4 Å². The van der Waals surface area contributed by atoms with E-state index in [0.717, 1.165) is 11.1 Å². The molecule has 138 valence electrons. The monoisotopic (exact) mass is 364 g/mol. The third kappa shape index (κ3) is 3.83. The summed E-state index contributed by atoms with van der Waals surface area (Å²) < 4.78 is 4.74. The maximum absolute atomic E-state index is 12.0. The van der Waals surface area contributed by atoms with Crippen molar-refractivity contribution in [3.8, 4) is 23.1 Å². The van der Waals surface area contributed by atoms with Gasteiger partial charge in [0.1, 0.15) is 5.69 Å².